The zero-order chi connectivity index (χ0) is 15.3. The third-order valence-corrected chi connectivity index (χ3v) is 4.51. The van der Waals surface area contributed by atoms with Crippen molar-refractivity contribution in [2.24, 2.45) is 5.92 Å². The van der Waals surface area contributed by atoms with Crippen molar-refractivity contribution in [3.63, 3.8) is 0 Å². The summed E-state index contributed by atoms with van der Waals surface area (Å²) >= 11 is 0. The van der Waals surface area contributed by atoms with Gasteiger partial charge < -0.3 is 10.2 Å². The number of nitrogens with zero attached hydrogens (tertiary/aromatic N) is 1. The Morgan fingerprint density at radius 1 is 1.33 bits per heavy atom. The molecule has 1 unspecified atom stereocenters. The van der Waals surface area contributed by atoms with Crippen molar-refractivity contribution < 1.29 is 4.79 Å². The highest BCUT2D eigenvalue weighted by Gasteiger charge is 2.29. The minimum absolute atomic E-state index is 0.103. The fourth-order valence-corrected chi connectivity index (χ4v) is 3.23. The summed E-state index contributed by atoms with van der Waals surface area (Å²) < 4.78 is 0. The highest BCUT2D eigenvalue weighted by atomic mass is 16.2. The van der Waals surface area contributed by atoms with E-state index in [1.165, 1.54) is 12.0 Å². The Morgan fingerprint density at radius 2 is 2.05 bits per heavy atom. The van der Waals surface area contributed by atoms with Crippen molar-refractivity contribution in [2.45, 2.75) is 38.5 Å². The number of hydrogen-bond donors (Lipinski definition) is 1. The standard InChI is InChI=1S/C18H28N2O/c1-18(2,16-9-5-4-6-10-16)12-17(21)20-11-7-8-15(14-20)13-19-3/h4-6,9-10,15,19H,7-8,11-14H2,1-3H3. The van der Waals surface area contributed by atoms with Gasteiger partial charge in [-0.3, -0.25) is 4.79 Å². The van der Waals surface area contributed by atoms with Crippen LogP contribution in [0.25, 0.3) is 0 Å². The quantitative estimate of drug-likeness (QED) is 0.903. The van der Waals surface area contributed by atoms with Crippen LogP contribution in [-0.2, 0) is 10.2 Å². The van der Waals surface area contributed by atoms with E-state index >= 15 is 0 Å². The van der Waals surface area contributed by atoms with Crippen LogP contribution in [0.5, 0.6) is 0 Å². The molecule has 0 aromatic heterocycles. The van der Waals surface area contributed by atoms with Crippen LogP contribution in [0.2, 0.25) is 0 Å². The van der Waals surface area contributed by atoms with Gasteiger partial charge in [-0.1, -0.05) is 44.2 Å². The van der Waals surface area contributed by atoms with Gasteiger partial charge in [0.1, 0.15) is 0 Å². The molecule has 1 saturated heterocycles. The molecular formula is C18H28N2O. The Balaban J connectivity index is 1.97. The maximum Gasteiger partial charge on any atom is 0.223 e. The van der Waals surface area contributed by atoms with E-state index in [9.17, 15) is 4.79 Å². The average Bonchev–Trinajstić information content (AvgIpc) is 2.48. The third-order valence-electron chi connectivity index (χ3n) is 4.51. The van der Waals surface area contributed by atoms with Crippen LogP contribution in [0.3, 0.4) is 0 Å². The van der Waals surface area contributed by atoms with Crippen molar-refractivity contribution >= 4 is 5.91 Å². The number of carbonyl (C=O) groups excluding carboxylic acids is 1. The number of piperidine rings is 1. The van der Waals surface area contributed by atoms with E-state index in [4.69, 9.17) is 0 Å². The van der Waals surface area contributed by atoms with Crippen LogP contribution in [0.15, 0.2) is 30.3 Å². The molecule has 2 rings (SSSR count). The first kappa shape index (κ1) is 16.0. The fraction of sp³-hybridized carbons (Fsp3) is 0.611. The van der Waals surface area contributed by atoms with E-state index in [-0.39, 0.29) is 5.41 Å². The molecule has 1 aliphatic rings. The van der Waals surface area contributed by atoms with E-state index in [2.05, 4.69) is 36.2 Å². The highest BCUT2D eigenvalue weighted by molar-refractivity contribution is 5.77. The van der Waals surface area contributed by atoms with Crippen LogP contribution in [-0.4, -0.2) is 37.5 Å². The molecule has 3 nitrogen and oxygen atoms in total. The van der Waals surface area contributed by atoms with E-state index < -0.39 is 0 Å². The lowest BCUT2D eigenvalue weighted by Crippen LogP contribution is -2.44. The van der Waals surface area contributed by atoms with Crippen molar-refractivity contribution in [3.05, 3.63) is 35.9 Å². The van der Waals surface area contributed by atoms with Crippen molar-refractivity contribution in [1.29, 1.82) is 0 Å². The summed E-state index contributed by atoms with van der Waals surface area (Å²) in [5, 5.41) is 3.23. The van der Waals surface area contributed by atoms with Crippen LogP contribution in [0, 0.1) is 5.92 Å². The maximum atomic E-state index is 12.6. The van der Waals surface area contributed by atoms with Gasteiger partial charge in [0, 0.05) is 19.5 Å². The van der Waals surface area contributed by atoms with E-state index in [0.29, 0.717) is 18.2 Å². The predicted molar refractivity (Wildman–Crippen MR) is 87.3 cm³/mol. The first-order valence-corrected chi connectivity index (χ1v) is 8.01. The van der Waals surface area contributed by atoms with Gasteiger partial charge in [-0.2, -0.15) is 0 Å². The number of amides is 1. The summed E-state index contributed by atoms with van der Waals surface area (Å²) in [6.45, 7) is 7.16. The number of hydrogen-bond acceptors (Lipinski definition) is 2. The smallest absolute Gasteiger partial charge is 0.223 e. The Labute approximate surface area is 128 Å². The van der Waals surface area contributed by atoms with E-state index in [1.54, 1.807) is 0 Å². The van der Waals surface area contributed by atoms with Crippen LogP contribution in [0.4, 0.5) is 0 Å². The molecule has 1 fully saturated rings. The summed E-state index contributed by atoms with van der Waals surface area (Å²) in [7, 11) is 1.99. The van der Waals surface area contributed by atoms with Gasteiger partial charge in [-0.25, -0.2) is 0 Å². The second-order valence-corrected chi connectivity index (χ2v) is 6.83. The molecule has 0 spiro atoms. The number of benzene rings is 1. The van der Waals surface area contributed by atoms with Crippen LogP contribution >= 0.6 is 0 Å². The number of likely N-dealkylation sites (tertiary alicyclic amines) is 1. The largest absolute Gasteiger partial charge is 0.342 e. The molecule has 3 heteroatoms. The number of rotatable bonds is 5. The highest BCUT2D eigenvalue weighted by Crippen LogP contribution is 2.28. The lowest BCUT2D eigenvalue weighted by Gasteiger charge is -2.35. The molecule has 1 atom stereocenters. The Morgan fingerprint density at radius 3 is 2.71 bits per heavy atom. The van der Waals surface area contributed by atoms with Gasteiger partial charge in [0.05, 0.1) is 0 Å². The van der Waals surface area contributed by atoms with E-state index in [0.717, 1.165) is 26.1 Å². The second-order valence-electron chi connectivity index (χ2n) is 6.83. The molecule has 0 radical (unpaired) electrons. The number of nitrogens with one attached hydrogen (secondary N) is 1. The van der Waals surface area contributed by atoms with Gasteiger partial charge >= 0.3 is 0 Å². The molecule has 1 N–H and O–H groups in total. The molecule has 0 aliphatic carbocycles. The first-order chi connectivity index (χ1) is 10.0. The summed E-state index contributed by atoms with van der Waals surface area (Å²) in [6, 6.07) is 10.4. The first-order valence-electron chi connectivity index (χ1n) is 8.01. The minimum atomic E-state index is -0.103. The molecule has 0 saturated carbocycles. The zero-order valence-electron chi connectivity index (χ0n) is 13.6. The molecule has 21 heavy (non-hydrogen) atoms. The molecule has 0 bridgehead atoms. The van der Waals surface area contributed by atoms with Gasteiger partial charge in [0.2, 0.25) is 5.91 Å². The number of carbonyl (C=O) groups is 1. The van der Waals surface area contributed by atoms with Crippen LogP contribution < -0.4 is 5.32 Å². The Hall–Kier alpha value is -1.35. The lowest BCUT2D eigenvalue weighted by molar-refractivity contribution is -0.134. The summed E-state index contributed by atoms with van der Waals surface area (Å²) in [4.78, 5) is 14.7. The molecule has 116 valence electrons. The predicted octanol–water partition coefficient (Wildman–Crippen LogP) is 2.81. The normalized spacial score (nSPS) is 19.6. The maximum absolute atomic E-state index is 12.6. The van der Waals surface area contributed by atoms with Crippen molar-refractivity contribution in [1.82, 2.24) is 10.2 Å². The third kappa shape index (κ3) is 4.31. The molecule has 1 aromatic carbocycles. The Bertz CT molecular complexity index is 454. The molecule has 1 aromatic rings. The zero-order valence-corrected chi connectivity index (χ0v) is 13.6. The molecule has 1 amide bonds. The minimum Gasteiger partial charge on any atom is -0.342 e. The summed E-state index contributed by atoms with van der Waals surface area (Å²) in [5.41, 5.74) is 1.14. The summed E-state index contributed by atoms with van der Waals surface area (Å²) in [6.07, 6.45) is 2.94. The van der Waals surface area contributed by atoms with Gasteiger partial charge in [0.15, 0.2) is 0 Å². The van der Waals surface area contributed by atoms with Gasteiger partial charge in [0.25, 0.3) is 0 Å². The Kier molecular flexibility index (Phi) is 5.40. The van der Waals surface area contributed by atoms with Gasteiger partial charge in [-0.15, -0.1) is 0 Å². The topological polar surface area (TPSA) is 32.3 Å². The molecule has 1 heterocycles. The van der Waals surface area contributed by atoms with Crippen molar-refractivity contribution in [2.75, 3.05) is 26.7 Å². The average molecular weight is 288 g/mol. The molecule has 1 aliphatic heterocycles. The second kappa shape index (κ2) is 7.08. The SMILES string of the molecule is CNCC1CCCN(C(=O)CC(C)(C)c2ccccc2)C1. The fourth-order valence-electron chi connectivity index (χ4n) is 3.23. The summed E-state index contributed by atoms with van der Waals surface area (Å²) in [5.74, 6) is 0.900. The molecular weight excluding hydrogens is 260 g/mol. The van der Waals surface area contributed by atoms with Gasteiger partial charge in [-0.05, 0) is 43.3 Å². The monoisotopic (exact) mass is 288 g/mol. The van der Waals surface area contributed by atoms with Crippen molar-refractivity contribution in [3.8, 4) is 0 Å². The van der Waals surface area contributed by atoms with E-state index in [1.807, 2.05) is 25.2 Å². The lowest BCUT2D eigenvalue weighted by atomic mass is 9.81. The van der Waals surface area contributed by atoms with Crippen LogP contribution in [0.1, 0.15) is 38.7 Å².